The average molecular weight is 207 g/mol. The van der Waals surface area contributed by atoms with E-state index >= 15 is 0 Å². The van der Waals surface area contributed by atoms with Crippen molar-refractivity contribution in [3.63, 3.8) is 0 Å². The molecule has 15 heavy (non-hydrogen) atoms. The zero-order valence-electron chi connectivity index (χ0n) is 8.47. The lowest BCUT2D eigenvalue weighted by molar-refractivity contribution is 0.0535. The maximum Gasteiger partial charge on any atom is 0.137 e. The molecule has 0 aliphatic rings. The topological polar surface area (TPSA) is 73.5 Å². The first-order valence-corrected chi connectivity index (χ1v) is 4.60. The summed E-state index contributed by atoms with van der Waals surface area (Å²) in [6.07, 6.45) is -0.919. The van der Waals surface area contributed by atoms with Gasteiger partial charge in [0, 0.05) is 0 Å². The third kappa shape index (κ3) is 3.24. The third-order valence-electron chi connectivity index (χ3n) is 1.90. The van der Waals surface area contributed by atoms with Crippen molar-refractivity contribution in [2.45, 2.75) is 13.0 Å². The first-order valence-electron chi connectivity index (χ1n) is 4.60. The SMILES string of the molecule is Cc1ccc(OCC(O)CO)c(C#N)c1. The predicted molar refractivity (Wildman–Crippen MR) is 54.5 cm³/mol. The van der Waals surface area contributed by atoms with Crippen LogP contribution in [0.25, 0.3) is 0 Å². The van der Waals surface area contributed by atoms with Crippen molar-refractivity contribution in [1.29, 1.82) is 5.26 Å². The van der Waals surface area contributed by atoms with E-state index in [0.717, 1.165) is 5.56 Å². The molecule has 80 valence electrons. The van der Waals surface area contributed by atoms with Crippen molar-refractivity contribution in [2.75, 3.05) is 13.2 Å². The van der Waals surface area contributed by atoms with E-state index in [2.05, 4.69) is 0 Å². The summed E-state index contributed by atoms with van der Waals surface area (Å²) in [4.78, 5) is 0. The molecule has 0 spiro atoms. The van der Waals surface area contributed by atoms with Gasteiger partial charge >= 0.3 is 0 Å². The molecule has 0 aromatic heterocycles. The lowest BCUT2D eigenvalue weighted by Gasteiger charge is -2.11. The molecule has 0 radical (unpaired) electrons. The summed E-state index contributed by atoms with van der Waals surface area (Å²) < 4.78 is 5.20. The second-order valence-corrected chi connectivity index (χ2v) is 3.26. The second kappa shape index (κ2) is 5.35. The van der Waals surface area contributed by atoms with Gasteiger partial charge in [0.25, 0.3) is 0 Å². The number of nitrogens with zero attached hydrogens (tertiary/aromatic N) is 1. The summed E-state index contributed by atoms with van der Waals surface area (Å²) >= 11 is 0. The molecule has 1 aromatic carbocycles. The zero-order chi connectivity index (χ0) is 11.3. The number of benzene rings is 1. The van der Waals surface area contributed by atoms with E-state index < -0.39 is 6.10 Å². The van der Waals surface area contributed by atoms with Crippen LogP contribution in [0.5, 0.6) is 5.75 Å². The minimum absolute atomic E-state index is 0.0196. The van der Waals surface area contributed by atoms with E-state index in [-0.39, 0.29) is 13.2 Å². The highest BCUT2D eigenvalue weighted by molar-refractivity contribution is 5.45. The van der Waals surface area contributed by atoms with Gasteiger partial charge in [-0.2, -0.15) is 5.26 Å². The lowest BCUT2D eigenvalue weighted by atomic mass is 10.1. The molecule has 2 N–H and O–H groups in total. The standard InChI is InChI=1S/C11H13NO3/c1-8-2-3-11(9(4-8)5-12)15-7-10(14)6-13/h2-4,10,13-14H,6-7H2,1H3. The molecule has 0 saturated carbocycles. The van der Waals surface area contributed by atoms with Gasteiger partial charge in [0.1, 0.15) is 24.5 Å². The Bertz CT molecular complexity index is 371. The smallest absolute Gasteiger partial charge is 0.137 e. The lowest BCUT2D eigenvalue weighted by Crippen LogP contribution is -2.21. The summed E-state index contributed by atoms with van der Waals surface area (Å²) in [7, 11) is 0. The van der Waals surface area contributed by atoms with Gasteiger partial charge in [-0.1, -0.05) is 6.07 Å². The average Bonchev–Trinajstić information content (AvgIpc) is 2.26. The fraction of sp³-hybridized carbons (Fsp3) is 0.364. The number of aliphatic hydroxyl groups is 2. The molecule has 0 saturated heterocycles. The van der Waals surface area contributed by atoms with Crippen molar-refractivity contribution < 1.29 is 14.9 Å². The van der Waals surface area contributed by atoms with Crippen LogP contribution >= 0.6 is 0 Å². The number of hydrogen-bond acceptors (Lipinski definition) is 4. The number of ether oxygens (including phenoxy) is 1. The van der Waals surface area contributed by atoms with Crippen LogP contribution in [0.1, 0.15) is 11.1 Å². The highest BCUT2D eigenvalue weighted by atomic mass is 16.5. The van der Waals surface area contributed by atoms with E-state index in [9.17, 15) is 0 Å². The van der Waals surface area contributed by atoms with Crippen LogP contribution < -0.4 is 4.74 Å². The number of nitriles is 1. The number of rotatable bonds is 4. The number of hydrogen-bond donors (Lipinski definition) is 2. The summed E-state index contributed by atoms with van der Waals surface area (Å²) in [6.45, 7) is 1.51. The van der Waals surface area contributed by atoms with Crippen LogP contribution in [0, 0.1) is 18.3 Å². The molecular weight excluding hydrogens is 194 g/mol. The van der Waals surface area contributed by atoms with E-state index in [1.54, 1.807) is 12.1 Å². The van der Waals surface area contributed by atoms with Crippen LogP contribution in [0.15, 0.2) is 18.2 Å². The van der Waals surface area contributed by atoms with Gasteiger partial charge in [-0.15, -0.1) is 0 Å². The summed E-state index contributed by atoms with van der Waals surface area (Å²) in [5.41, 5.74) is 1.40. The van der Waals surface area contributed by atoms with Crippen molar-refractivity contribution in [3.05, 3.63) is 29.3 Å². The molecule has 0 aliphatic carbocycles. The van der Waals surface area contributed by atoms with Crippen LogP contribution in [0.3, 0.4) is 0 Å². The molecule has 0 fully saturated rings. The maximum absolute atomic E-state index is 9.08. The van der Waals surface area contributed by atoms with Gasteiger partial charge in [0.15, 0.2) is 0 Å². The van der Waals surface area contributed by atoms with E-state index in [0.29, 0.717) is 11.3 Å². The molecule has 1 unspecified atom stereocenters. The van der Waals surface area contributed by atoms with Gasteiger partial charge in [-0.3, -0.25) is 0 Å². The third-order valence-corrected chi connectivity index (χ3v) is 1.90. The Morgan fingerprint density at radius 2 is 2.27 bits per heavy atom. The monoisotopic (exact) mass is 207 g/mol. The molecule has 0 amide bonds. The fourth-order valence-electron chi connectivity index (χ4n) is 1.10. The molecule has 1 atom stereocenters. The molecular formula is C11H13NO3. The Hall–Kier alpha value is -1.57. The number of aliphatic hydroxyl groups excluding tert-OH is 2. The Kier molecular flexibility index (Phi) is 4.10. The molecule has 1 aromatic rings. The van der Waals surface area contributed by atoms with Crippen LogP contribution in [-0.4, -0.2) is 29.5 Å². The minimum atomic E-state index is -0.919. The van der Waals surface area contributed by atoms with Crippen LogP contribution in [0.4, 0.5) is 0 Å². The summed E-state index contributed by atoms with van der Waals surface area (Å²) in [6, 6.07) is 7.22. The fourth-order valence-corrected chi connectivity index (χ4v) is 1.10. The van der Waals surface area contributed by atoms with Crippen molar-refractivity contribution in [2.24, 2.45) is 0 Å². The van der Waals surface area contributed by atoms with Gasteiger partial charge in [0.05, 0.1) is 12.2 Å². The maximum atomic E-state index is 9.08. The Labute approximate surface area is 88.4 Å². The Balaban J connectivity index is 2.73. The van der Waals surface area contributed by atoms with Crippen molar-refractivity contribution >= 4 is 0 Å². The highest BCUT2D eigenvalue weighted by Gasteiger charge is 2.06. The molecule has 0 bridgehead atoms. The van der Waals surface area contributed by atoms with Gasteiger partial charge in [-0.25, -0.2) is 0 Å². The second-order valence-electron chi connectivity index (χ2n) is 3.26. The van der Waals surface area contributed by atoms with Gasteiger partial charge in [0.2, 0.25) is 0 Å². The molecule has 0 heterocycles. The van der Waals surface area contributed by atoms with Crippen molar-refractivity contribution in [1.82, 2.24) is 0 Å². The quantitative estimate of drug-likeness (QED) is 0.758. The largest absolute Gasteiger partial charge is 0.489 e. The minimum Gasteiger partial charge on any atom is -0.489 e. The normalized spacial score (nSPS) is 11.9. The summed E-state index contributed by atoms with van der Waals surface area (Å²) in [5.74, 6) is 0.426. The first-order chi connectivity index (χ1) is 7.17. The Morgan fingerprint density at radius 1 is 1.53 bits per heavy atom. The van der Waals surface area contributed by atoms with E-state index in [1.807, 2.05) is 19.1 Å². The number of aryl methyl sites for hydroxylation is 1. The summed E-state index contributed by atoms with van der Waals surface area (Å²) in [5, 5.41) is 26.5. The highest BCUT2D eigenvalue weighted by Crippen LogP contribution is 2.18. The molecule has 1 rings (SSSR count). The van der Waals surface area contributed by atoms with Crippen LogP contribution in [-0.2, 0) is 0 Å². The van der Waals surface area contributed by atoms with Gasteiger partial charge < -0.3 is 14.9 Å². The van der Waals surface area contributed by atoms with Gasteiger partial charge in [-0.05, 0) is 24.6 Å². The van der Waals surface area contributed by atoms with Crippen LogP contribution in [0.2, 0.25) is 0 Å². The predicted octanol–water partition coefficient (Wildman–Crippen LogP) is 0.599. The molecule has 0 aliphatic heterocycles. The molecule has 4 heteroatoms. The van der Waals surface area contributed by atoms with E-state index in [1.165, 1.54) is 0 Å². The zero-order valence-corrected chi connectivity index (χ0v) is 8.47. The Morgan fingerprint density at radius 3 is 2.87 bits per heavy atom. The first kappa shape index (κ1) is 11.5. The molecule has 4 nitrogen and oxygen atoms in total. The van der Waals surface area contributed by atoms with E-state index in [4.69, 9.17) is 20.2 Å². The van der Waals surface area contributed by atoms with Crippen molar-refractivity contribution in [3.8, 4) is 11.8 Å².